The van der Waals surface area contributed by atoms with Gasteiger partial charge in [0, 0.05) is 5.56 Å². The normalized spacial score (nSPS) is 10.6. The second kappa shape index (κ2) is 9.41. The Hall–Kier alpha value is -3.30. The lowest BCUT2D eigenvalue weighted by atomic mass is 10.1. The molecule has 0 unspecified atom stereocenters. The van der Waals surface area contributed by atoms with Crippen LogP contribution in [0.5, 0.6) is 11.5 Å². The van der Waals surface area contributed by atoms with E-state index in [0.29, 0.717) is 0 Å². The summed E-state index contributed by atoms with van der Waals surface area (Å²) in [4.78, 5) is 45.1. The van der Waals surface area contributed by atoms with Gasteiger partial charge in [0.1, 0.15) is 5.60 Å². The van der Waals surface area contributed by atoms with Crippen molar-refractivity contribution in [1.82, 2.24) is 5.32 Å². The molecule has 148 valence electrons. The fourth-order valence-electron chi connectivity index (χ4n) is 1.76. The van der Waals surface area contributed by atoms with E-state index in [-0.39, 0.29) is 23.6 Å². The summed E-state index contributed by atoms with van der Waals surface area (Å²) in [7, 11) is 0. The summed E-state index contributed by atoms with van der Waals surface area (Å²) in [6.07, 6.45) is -0.764. The molecule has 1 amide bonds. The Labute approximate surface area is 155 Å². The Morgan fingerprint density at radius 1 is 0.963 bits per heavy atom. The number of carbonyl (C=O) groups excluding carboxylic acids is 2. The number of carboxylic acids is 2. The van der Waals surface area contributed by atoms with Crippen LogP contribution in [-0.4, -0.2) is 59.4 Å². The van der Waals surface area contributed by atoms with E-state index in [1.807, 2.05) is 0 Å². The summed E-state index contributed by atoms with van der Waals surface area (Å²) in [5.41, 5.74) is -0.609. The number of nitrogens with one attached hydrogen (secondary N) is 1. The molecule has 0 fully saturated rings. The number of benzene rings is 1. The monoisotopic (exact) mass is 383 g/mol. The minimum atomic E-state index is -1.26. The molecule has 0 radical (unpaired) electrons. The summed E-state index contributed by atoms with van der Waals surface area (Å²) in [6, 6.07) is 3.82. The zero-order chi connectivity index (χ0) is 20.6. The lowest BCUT2D eigenvalue weighted by Crippen LogP contribution is -2.35. The number of carbonyl (C=O) groups is 4. The van der Waals surface area contributed by atoms with Crippen molar-refractivity contribution in [3.8, 4) is 11.5 Å². The van der Waals surface area contributed by atoms with Gasteiger partial charge >= 0.3 is 18.0 Å². The van der Waals surface area contributed by atoms with E-state index in [1.165, 1.54) is 18.2 Å². The predicted molar refractivity (Wildman–Crippen MR) is 91.3 cm³/mol. The lowest BCUT2D eigenvalue weighted by Gasteiger charge is -2.19. The predicted octanol–water partition coefficient (Wildman–Crippen LogP) is 1.32. The first-order chi connectivity index (χ1) is 12.5. The van der Waals surface area contributed by atoms with Gasteiger partial charge in [-0.1, -0.05) is 0 Å². The number of alkyl carbamates (subject to hydrolysis) is 1. The third-order valence-electron chi connectivity index (χ3n) is 2.76. The van der Waals surface area contributed by atoms with Crippen molar-refractivity contribution < 1.29 is 43.6 Å². The van der Waals surface area contributed by atoms with Crippen molar-refractivity contribution in [2.75, 3.05) is 19.8 Å². The van der Waals surface area contributed by atoms with Gasteiger partial charge in [0.05, 0.1) is 6.54 Å². The number of hydrogen-bond acceptors (Lipinski definition) is 7. The van der Waals surface area contributed by atoms with E-state index in [0.717, 1.165) is 0 Å². The molecule has 0 aromatic heterocycles. The molecule has 0 aliphatic carbocycles. The van der Waals surface area contributed by atoms with E-state index >= 15 is 0 Å². The molecule has 0 heterocycles. The molecule has 10 nitrogen and oxygen atoms in total. The molecule has 3 N–H and O–H groups in total. The van der Waals surface area contributed by atoms with Gasteiger partial charge in [-0.05, 0) is 39.0 Å². The van der Waals surface area contributed by atoms with Crippen LogP contribution in [0.2, 0.25) is 0 Å². The number of ketones is 1. The van der Waals surface area contributed by atoms with Crippen molar-refractivity contribution in [2.24, 2.45) is 0 Å². The van der Waals surface area contributed by atoms with Gasteiger partial charge in [-0.2, -0.15) is 0 Å². The highest BCUT2D eigenvalue weighted by molar-refractivity contribution is 5.99. The van der Waals surface area contributed by atoms with Gasteiger partial charge in [-0.25, -0.2) is 14.4 Å². The standard InChI is InChI=1S/C17H21NO9/c1-17(2,3)27-16(24)18-7-11(19)10-4-5-12(25-8-14(20)21)13(6-10)26-9-15(22)23/h4-6H,7-9H2,1-3H3,(H,18,24)(H,20,21)(H,22,23). The largest absolute Gasteiger partial charge is 0.479 e. The van der Waals surface area contributed by atoms with Crippen LogP contribution in [0.1, 0.15) is 31.1 Å². The highest BCUT2D eigenvalue weighted by atomic mass is 16.6. The molecular formula is C17H21NO9. The van der Waals surface area contributed by atoms with E-state index in [2.05, 4.69) is 5.32 Å². The van der Waals surface area contributed by atoms with Gasteiger partial charge in [0.2, 0.25) is 0 Å². The summed E-state index contributed by atoms with van der Waals surface area (Å²) < 4.78 is 15.0. The fraction of sp³-hybridized carbons (Fsp3) is 0.412. The number of rotatable bonds is 9. The number of Topliss-reactive ketones (excluding diaryl/α,β-unsaturated/α-hetero) is 1. The molecule has 0 aliphatic rings. The van der Waals surface area contributed by atoms with Crippen LogP contribution in [-0.2, 0) is 14.3 Å². The topological polar surface area (TPSA) is 148 Å². The Morgan fingerprint density at radius 3 is 2.04 bits per heavy atom. The minimum absolute atomic E-state index is 0.0321. The maximum Gasteiger partial charge on any atom is 0.408 e. The van der Waals surface area contributed by atoms with Crippen molar-refractivity contribution in [1.29, 1.82) is 0 Å². The average molecular weight is 383 g/mol. The van der Waals surface area contributed by atoms with E-state index in [9.17, 15) is 19.2 Å². The number of amides is 1. The molecule has 10 heteroatoms. The van der Waals surface area contributed by atoms with Crippen LogP contribution in [0.15, 0.2) is 18.2 Å². The minimum Gasteiger partial charge on any atom is -0.479 e. The van der Waals surface area contributed by atoms with E-state index in [1.54, 1.807) is 20.8 Å². The fourth-order valence-corrected chi connectivity index (χ4v) is 1.76. The Morgan fingerprint density at radius 2 is 1.52 bits per heavy atom. The van der Waals surface area contributed by atoms with Gasteiger partial charge in [-0.3, -0.25) is 4.79 Å². The van der Waals surface area contributed by atoms with Gasteiger partial charge in [0.15, 0.2) is 30.5 Å². The number of ether oxygens (including phenoxy) is 3. The summed E-state index contributed by atoms with van der Waals surface area (Å²) in [6.45, 7) is 3.29. The third-order valence-corrected chi connectivity index (χ3v) is 2.76. The number of aliphatic carboxylic acids is 2. The zero-order valence-electron chi connectivity index (χ0n) is 15.1. The SMILES string of the molecule is CC(C)(C)OC(=O)NCC(=O)c1ccc(OCC(=O)O)c(OCC(=O)O)c1. The molecule has 1 aromatic carbocycles. The number of carboxylic acid groups (broad SMARTS) is 2. The van der Waals surface area contributed by atoms with E-state index < -0.39 is 42.6 Å². The van der Waals surface area contributed by atoms with Gasteiger partial charge in [0.25, 0.3) is 0 Å². The van der Waals surface area contributed by atoms with Gasteiger partial charge in [-0.15, -0.1) is 0 Å². The highest BCUT2D eigenvalue weighted by Gasteiger charge is 2.18. The molecule has 27 heavy (non-hydrogen) atoms. The Balaban J connectivity index is 2.85. The molecule has 0 saturated carbocycles. The Bertz CT molecular complexity index is 722. The smallest absolute Gasteiger partial charge is 0.408 e. The van der Waals surface area contributed by atoms with E-state index in [4.69, 9.17) is 24.4 Å². The first kappa shape index (κ1) is 21.7. The molecule has 0 bridgehead atoms. The van der Waals surface area contributed by atoms with Crippen LogP contribution in [0.4, 0.5) is 4.79 Å². The second-order valence-corrected chi connectivity index (χ2v) is 6.30. The van der Waals surface area contributed by atoms with Crippen LogP contribution in [0.3, 0.4) is 0 Å². The van der Waals surface area contributed by atoms with Crippen LogP contribution >= 0.6 is 0 Å². The van der Waals surface area contributed by atoms with Gasteiger partial charge < -0.3 is 29.7 Å². The zero-order valence-corrected chi connectivity index (χ0v) is 15.1. The van der Waals surface area contributed by atoms with Crippen molar-refractivity contribution in [2.45, 2.75) is 26.4 Å². The highest BCUT2D eigenvalue weighted by Crippen LogP contribution is 2.28. The maximum atomic E-state index is 12.2. The van der Waals surface area contributed by atoms with Crippen molar-refractivity contribution >= 4 is 23.8 Å². The summed E-state index contributed by atoms with van der Waals surface area (Å²) in [5.74, 6) is -3.13. The molecule has 0 saturated heterocycles. The molecule has 0 atom stereocenters. The average Bonchev–Trinajstić information content (AvgIpc) is 2.54. The Kier molecular flexibility index (Phi) is 7.58. The second-order valence-electron chi connectivity index (χ2n) is 6.30. The molecule has 0 aliphatic heterocycles. The third kappa shape index (κ3) is 8.56. The molecule has 0 spiro atoms. The summed E-state index contributed by atoms with van der Waals surface area (Å²) >= 11 is 0. The van der Waals surface area contributed by atoms with Crippen LogP contribution in [0, 0.1) is 0 Å². The molecule has 1 aromatic rings. The quantitative estimate of drug-likeness (QED) is 0.537. The van der Waals surface area contributed by atoms with Crippen LogP contribution in [0.25, 0.3) is 0 Å². The summed E-state index contributed by atoms with van der Waals surface area (Å²) in [5, 5.41) is 19.7. The lowest BCUT2D eigenvalue weighted by molar-refractivity contribution is -0.140. The molecule has 1 rings (SSSR count). The number of hydrogen-bond donors (Lipinski definition) is 3. The van der Waals surface area contributed by atoms with Crippen molar-refractivity contribution in [3.05, 3.63) is 23.8 Å². The first-order valence-corrected chi connectivity index (χ1v) is 7.81. The first-order valence-electron chi connectivity index (χ1n) is 7.81. The van der Waals surface area contributed by atoms with Crippen LogP contribution < -0.4 is 14.8 Å². The van der Waals surface area contributed by atoms with Crippen molar-refractivity contribution in [3.63, 3.8) is 0 Å². The maximum absolute atomic E-state index is 12.2. The molecular weight excluding hydrogens is 362 g/mol.